The molecule has 2 rings (SSSR count). The van der Waals surface area contributed by atoms with E-state index >= 15 is 0 Å². The van der Waals surface area contributed by atoms with Crippen molar-refractivity contribution in [2.75, 3.05) is 13.2 Å². The zero-order valence-corrected chi connectivity index (χ0v) is 16.4. The Balaban J connectivity index is 1.89. The van der Waals surface area contributed by atoms with Gasteiger partial charge < -0.3 is 19.2 Å². The Bertz CT molecular complexity index is 793. The van der Waals surface area contributed by atoms with Crippen LogP contribution in [-0.4, -0.2) is 34.2 Å². The highest BCUT2D eigenvalue weighted by Crippen LogP contribution is 2.16. The number of carbonyl (C=O) groups is 1. The lowest BCUT2D eigenvalue weighted by molar-refractivity contribution is 0.0531. The molecule has 7 heteroatoms. The van der Waals surface area contributed by atoms with Crippen molar-refractivity contribution in [2.24, 2.45) is 0 Å². The van der Waals surface area contributed by atoms with Gasteiger partial charge in [0.05, 0.1) is 18.2 Å². The zero-order chi connectivity index (χ0) is 19.9. The van der Waals surface area contributed by atoms with Crippen molar-refractivity contribution < 1.29 is 18.7 Å². The smallest absolute Gasteiger partial charge is 0.407 e. The Morgan fingerprint density at radius 2 is 2.11 bits per heavy atom. The maximum atomic E-state index is 13.1. The fourth-order valence-electron chi connectivity index (χ4n) is 2.38. The molecule has 0 saturated heterocycles. The predicted octanol–water partition coefficient (Wildman–Crippen LogP) is 4.43. The Labute approximate surface area is 159 Å². The van der Waals surface area contributed by atoms with E-state index in [-0.39, 0.29) is 13.2 Å². The summed E-state index contributed by atoms with van der Waals surface area (Å²) in [4.78, 5) is 16.2. The normalized spacial score (nSPS) is 12.3. The highest BCUT2D eigenvalue weighted by Gasteiger charge is 2.16. The minimum atomic E-state index is -0.601. The van der Waals surface area contributed by atoms with Gasteiger partial charge in [-0.2, -0.15) is 0 Å². The molecule has 2 heterocycles. The average Bonchev–Trinajstić information content (AvgIpc) is 3.00. The third-order valence-electron chi connectivity index (χ3n) is 3.70. The Morgan fingerprint density at radius 1 is 1.33 bits per heavy atom. The second-order valence-corrected chi connectivity index (χ2v) is 7.38. The van der Waals surface area contributed by atoms with Crippen molar-refractivity contribution >= 4 is 11.7 Å². The van der Waals surface area contributed by atoms with Crippen LogP contribution in [0.15, 0.2) is 36.4 Å². The number of imidazole rings is 1. The van der Waals surface area contributed by atoms with Gasteiger partial charge in [0, 0.05) is 18.3 Å². The molecule has 148 valence electrons. The number of unbranched alkanes of at least 4 members (excludes halogenated alkanes) is 1. The van der Waals surface area contributed by atoms with Crippen molar-refractivity contribution in [3.8, 4) is 5.75 Å². The fourth-order valence-corrected chi connectivity index (χ4v) is 2.38. The first kappa shape index (κ1) is 20.7. The molecule has 1 amide bonds. The van der Waals surface area contributed by atoms with Gasteiger partial charge in [-0.05, 0) is 45.7 Å². The lowest BCUT2D eigenvalue weighted by atomic mass is 10.2. The molecule has 0 aromatic carbocycles. The molecule has 0 saturated carbocycles. The van der Waals surface area contributed by atoms with Crippen LogP contribution in [0.4, 0.5) is 9.18 Å². The van der Waals surface area contributed by atoms with Gasteiger partial charge >= 0.3 is 6.09 Å². The van der Waals surface area contributed by atoms with Crippen LogP contribution in [0.2, 0.25) is 0 Å². The van der Waals surface area contributed by atoms with Crippen LogP contribution in [0, 0.1) is 0 Å². The molecule has 0 aliphatic carbocycles. The molecular formula is C20H28FN3O3. The lowest BCUT2D eigenvalue weighted by Gasteiger charge is -2.20. The van der Waals surface area contributed by atoms with Gasteiger partial charge in [0.2, 0.25) is 0 Å². The Kier molecular flexibility index (Phi) is 7.21. The number of nitrogens with zero attached hydrogens (tertiary/aromatic N) is 2. The number of pyridine rings is 1. The second kappa shape index (κ2) is 9.39. The molecule has 27 heavy (non-hydrogen) atoms. The molecule has 0 unspecified atom stereocenters. The fraction of sp³-hybridized carbons (Fsp3) is 0.500. The molecule has 1 N–H and O–H groups in total. The molecule has 0 aliphatic rings. The second-order valence-electron chi connectivity index (χ2n) is 7.38. The first-order chi connectivity index (χ1) is 12.8. The molecule has 0 atom stereocenters. The van der Waals surface area contributed by atoms with Gasteiger partial charge in [0.25, 0.3) is 0 Å². The van der Waals surface area contributed by atoms with E-state index in [1.807, 2.05) is 22.9 Å². The van der Waals surface area contributed by atoms with Crippen LogP contribution in [-0.2, 0) is 11.2 Å². The number of hydrogen-bond acceptors (Lipinski definition) is 4. The van der Waals surface area contributed by atoms with Crippen molar-refractivity contribution in [1.29, 1.82) is 0 Å². The minimum absolute atomic E-state index is 0.0138. The van der Waals surface area contributed by atoms with Gasteiger partial charge in [-0.3, -0.25) is 0 Å². The van der Waals surface area contributed by atoms with E-state index in [0.717, 1.165) is 30.6 Å². The Hall–Kier alpha value is -2.57. The molecule has 0 spiro atoms. The van der Waals surface area contributed by atoms with Crippen LogP contribution in [0.5, 0.6) is 5.75 Å². The van der Waals surface area contributed by atoms with Crippen molar-refractivity contribution in [3.05, 3.63) is 42.1 Å². The number of hydrogen-bond donors (Lipinski definition) is 1. The van der Waals surface area contributed by atoms with E-state index < -0.39 is 11.7 Å². The standard InChI is InChI=1S/C20H28FN3O3/c1-5-6-7-16-12-24-13-17(8-9-18(24)23-16)26-14-15(10-21)11-22-19(25)27-20(2,3)4/h8-10,12-13H,5-7,11,14H2,1-4H3,(H,22,25)/b15-10+. The summed E-state index contributed by atoms with van der Waals surface area (Å²) in [5.74, 6) is 0.596. The minimum Gasteiger partial charge on any atom is -0.488 e. The Morgan fingerprint density at radius 3 is 2.78 bits per heavy atom. The molecule has 0 bridgehead atoms. The largest absolute Gasteiger partial charge is 0.488 e. The molecule has 2 aromatic rings. The number of aromatic nitrogens is 2. The summed E-state index contributed by atoms with van der Waals surface area (Å²) in [5.41, 5.74) is 1.59. The lowest BCUT2D eigenvalue weighted by Crippen LogP contribution is -2.34. The van der Waals surface area contributed by atoms with Crippen LogP contribution in [0.25, 0.3) is 5.65 Å². The van der Waals surface area contributed by atoms with E-state index in [0.29, 0.717) is 17.7 Å². The van der Waals surface area contributed by atoms with Crippen LogP contribution in [0.1, 0.15) is 46.2 Å². The summed E-state index contributed by atoms with van der Waals surface area (Å²) in [6.45, 7) is 7.48. The number of carbonyl (C=O) groups excluding carboxylic acids is 1. The summed E-state index contributed by atoms with van der Waals surface area (Å²) >= 11 is 0. The number of fused-ring (bicyclic) bond motifs is 1. The van der Waals surface area contributed by atoms with Gasteiger partial charge in [-0.25, -0.2) is 14.2 Å². The van der Waals surface area contributed by atoms with Crippen LogP contribution >= 0.6 is 0 Å². The zero-order valence-electron chi connectivity index (χ0n) is 16.4. The number of ether oxygens (including phenoxy) is 2. The summed E-state index contributed by atoms with van der Waals surface area (Å²) in [7, 11) is 0. The quantitative estimate of drug-likeness (QED) is 0.739. The average molecular weight is 377 g/mol. The van der Waals surface area contributed by atoms with E-state index in [2.05, 4.69) is 17.2 Å². The van der Waals surface area contributed by atoms with E-state index in [4.69, 9.17) is 9.47 Å². The summed E-state index contributed by atoms with van der Waals surface area (Å²) in [6.07, 6.45) is 6.81. The number of amides is 1. The van der Waals surface area contributed by atoms with E-state index in [9.17, 15) is 9.18 Å². The molecule has 6 nitrogen and oxygen atoms in total. The highest BCUT2D eigenvalue weighted by atomic mass is 19.1. The summed E-state index contributed by atoms with van der Waals surface area (Å²) in [6, 6.07) is 3.66. The van der Waals surface area contributed by atoms with Gasteiger partial charge in [-0.1, -0.05) is 13.3 Å². The third kappa shape index (κ3) is 6.92. The van der Waals surface area contributed by atoms with Crippen molar-refractivity contribution in [1.82, 2.24) is 14.7 Å². The third-order valence-corrected chi connectivity index (χ3v) is 3.70. The molecule has 2 aromatic heterocycles. The number of halogens is 1. The number of alkyl carbamates (subject to hydrolysis) is 1. The molecule has 0 radical (unpaired) electrons. The van der Waals surface area contributed by atoms with Crippen molar-refractivity contribution in [3.63, 3.8) is 0 Å². The summed E-state index contributed by atoms with van der Waals surface area (Å²) < 4.78 is 25.7. The maximum absolute atomic E-state index is 13.1. The van der Waals surface area contributed by atoms with E-state index in [1.54, 1.807) is 26.8 Å². The highest BCUT2D eigenvalue weighted by molar-refractivity contribution is 5.68. The maximum Gasteiger partial charge on any atom is 0.407 e. The van der Waals surface area contributed by atoms with Crippen molar-refractivity contribution in [2.45, 2.75) is 52.6 Å². The molecule has 0 fully saturated rings. The number of nitrogens with one attached hydrogen (secondary N) is 1. The first-order valence-corrected chi connectivity index (χ1v) is 9.16. The molecule has 0 aliphatic heterocycles. The summed E-state index contributed by atoms with van der Waals surface area (Å²) in [5, 5.41) is 2.51. The monoisotopic (exact) mass is 377 g/mol. The molecular weight excluding hydrogens is 349 g/mol. The van der Waals surface area contributed by atoms with Crippen LogP contribution in [0.3, 0.4) is 0 Å². The number of aryl methyl sites for hydroxylation is 1. The SMILES string of the molecule is CCCCc1cn2cc(OC/C(=C/F)CNC(=O)OC(C)(C)C)ccc2n1. The predicted molar refractivity (Wildman–Crippen MR) is 103 cm³/mol. The van der Waals surface area contributed by atoms with Crippen LogP contribution < -0.4 is 10.1 Å². The van der Waals surface area contributed by atoms with Gasteiger partial charge in [0.15, 0.2) is 0 Å². The first-order valence-electron chi connectivity index (χ1n) is 9.16. The van der Waals surface area contributed by atoms with E-state index in [1.165, 1.54) is 0 Å². The number of rotatable bonds is 8. The van der Waals surface area contributed by atoms with Gasteiger partial charge in [-0.15, -0.1) is 0 Å². The topological polar surface area (TPSA) is 64.9 Å². The van der Waals surface area contributed by atoms with Gasteiger partial charge in [0.1, 0.15) is 23.6 Å².